The molecule has 5 rings (SSSR count). The second-order valence-electron chi connectivity index (χ2n) is 7.31. The number of para-hydroxylation sites is 2. The van der Waals surface area contributed by atoms with Crippen LogP contribution >= 0.6 is 11.3 Å². The third-order valence-electron chi connectivity index (χ3n) is 5.38. The summed E-state index contributed by atoms with van der Waals surface area (Å²) in [6.07, 6.45) is 0. The number of hydrogen-bond acceptors (Lipinski definition) is 5. The summed E-state index contributed by atoms with van der Waals surface area (Å²) in [5.74, 6) is 0.776. The summed E-state index contributed by atoms with van der Waals surface area (Å²) in [4.78, 5) is 19.7. The second kappa shape index (κ2) is 7.80. The fourth-order valence-electron chi connectivity index (χ4n) is 3.71. The van der Waals surface area contributed by atoms with Crippen LogP contribution in [0.4, 0.5) is 10.8 Å². The summed E-state index contributed by atoms with van der Waals surface area (Å²) in [6.45, 7) is 1.34. The molecule has 1 aromatic heterocycles. The van der Waals surface area contributed by atoms with Gasteiger partial charge in [0, 0.05) is 24.3 Å². The van der Waals surface area contributed by atoms with Gasteiger partial charge in [-0.2, -0.15) is 0 Å². The molecule has 150 valence electrons. The van der Waals surface area contributed by atoms with E-state index in [9.17, 15) is 4.79 Å². The first-order valence-corrected chi connectivity index (χ1v) is 10.7. The fourth-order valence-corrected chi connectivity index (χ4v) is 4.71. The molecule has 0 radical (unpaired) electrons. The summed E-state index contributed by atoms with van der Waals surface area (Å²) in [5.41, 5.74) is 3.84. The molecular formula is C24H21N3O2S. The number of thiazole rings is 1. The predicted molar refractivity (Wildman–Crippen MR) is 122 cm³/mol. The second-order valence-corrected chi connectivity index (χ2v) is 8.32. The first-order valence-electron chi connectivity index (χ1n) is 9.87. The van der Waals surface area contributed by atoms with E-state index in [0.717, 1.165) is 37.9 Å². The van der Waals surface area contributed by atoms with E-state index in [2.05, 4.69) is 22.3 Å². The van der Waals surface area contributed by atoms with Gasteiger partial charge in [-0.25, -0.2) is 4.98 Å². The number of methoxy groups -OCH3 is 1. The predicted octanol–water partition coefficient (Wildman–Crippen LogP) is 5.05. The zero-order valence-electron chi connectivity index (χ0n) is 16.5. The molecule has 6 heteroatoms. The molecule has 30 heavy (non-hydrogen) atoms. The van der Waals surface area contributed by atoms with Crippen LogP contribution in [0.1, 0.15) is 0 Å². The molecule has 0 atom stereocenters. The van der Waals surface area contributed by atoms with Crippen molar-refractivity contribution in [3.8, 4) is 16.9 Å². The van der Waals surface area contributed by atoms with Crippen LogP contribution in [0.3, 0.4) is 0 Å². The minimum atomic E-state index is -0.0530. The number of benzene rings is 3. The largest absolute Gasteiger partial charge is 0.494 e. The van der Waals surface area contributed by atoms with E-state index >= 15 is 0 Å². The number of nitrogens with zero attached hydrogens (tertiary/aromatic N) is 2. The molecule has 2 heterocycles. The molecule has 1 N–H and O–H groups in total. The number of carbonyl (C=O) groups excluding carboxylic acids is 1. The Labute approximate surface area is 178 Å². The van der Waals surface area contributed by atoms with Crippen molar-refractivity contribution in [1.82, 2.24) is 4.98 Å². The van der Waals surface area contributed by atoms with Crippen molar-refractivity contribution in [2.24, 2.45) is 5.92 Å². The molecule has 1 amide bonds. The van der Waals surface area contributed by atoms with Crippen molar-refractivity contribution in [3.63, 3.8) is 0 Å². The maximum absolute atomic E-state index is 12.9. The quantitative estimate of drug-likeness (QED) is 0.496. The number of anilines is 2. The monoisotopic (exact) mass is 415 g/mol. The molecule has 1 saturated heterocycles. The normalized spacial score (nSPS) is 13.8. The first-order chi connectivity index (χ1) is 14.7. The lowest BCUT2D eigenvalue weighted by Crippen LogP contribution is -2.52. The third kappa shape index (κ3) is 3.39. The van der Waals surface area contributed by atoms with Gasteiger partial charge in [-0.1, -0.05) is 65.9 Å². The van der Waals surface area contributed by atoms with Gasteiger partial charge in [0.2, 0.25) is 5.91 Å². The first kappa shape index (κ1) is 18.6. The van der Waals surface area contributed by atoms with Crippen molar-refractivity contribution < 1.29 is 9.53 Å². The Bertz CT molecular complexity index is 1200. The Morgan fingerprint density at radius 1 is 1.03 bits per heavy atom. The zero-order valence-corrected chi connectivity index (χ0v) is 17.4. The average molecular weight is 416 g/mol. The minimum Gasteiger partial charge on any atom is -0.494 e. The summed E-state index contributed by atoms with van der Waals surface area (Å²) < 4.78 is 6.50. The van der Waals surface area contributed by atoms with E-state index in [1.54, 1.807) is 18.4 Å². The maximum Gasteiger partial charge on any atom is 0.231 e. The van der Waals surface area contributed by atoms with Crippen molar-refractivity contribution >= 4 is 38.3 Å². The number of amides is 1. The lowest BCUT2D eigenvalue weighted by molar-refractivity contribution is -0.120. The Balaban J connectivity index is 1.28. The Kier molecular flexibility index (Phi) is 4.85. The molecule has 1 aliphatic heterocycles. The zero-order chi connectivity index (χ0) is 20.5. The van der Waals surface area contributed by atoms with Crippen LogP contribution in [0.25, 0.3) is 21.3 Å². The van der Waals surface area contributed by atoms with E-state index in [0.29, 0.717) is 13.1 Å². The Morgan fingerprint density at radius 2 is 1.80 bits per heavy atom. The number of aromatic nitrogens is 1. The SMILES string of the molecule is COc1cccc2sc(N3CC(C(=O)Nc4ccccc4-c4ccccc4)C3)nc12. The molecule has 1 fully saturated rings. The van der Waals surface area contributed by atoms with Gasteiger partial charge in [-0.15, -0.1) is 0 Å². The van der Waals surface area contributed by atoms with Crippen molar-refractivity contribution in [3.05, 3.63) is 72.8 Å². The molecule has 0 aliphatic carbocycles. The summed E-state index contributed by atoms with van der Waals surface area (Å²) in [5, 5.41) is 4.06. The van der Waals surface area contributed by atoms with E-state index in [-0.39, 0.29) is 11.8 Å². The summed E-state index contributed by atoms with van der Waals surface area (Å²) in [7, 11) is 1.66. The number of fused-ring (bicyclic) bond motifs is 1. The fraction of sp³-hybridized carbons (Fsp3) is 0.167. The number of hydrogen-bond donors (Lipinski definition) is 1. The summed E-state index contributed by atoms with van der Waals surface area (Å²) >= 11 is 1.63. The summed E-state index contributed by atoms with van der Waals surface area (Å²) in [6, 6.07) is 24.0. The molecule has 0 saturated carbocycles. The topological polar surface area (TPSA) is 54.5 Å². The van der Waals surface area contributed by atoms with Gasteiger partial charge in [0.05, 0.1) is 17.7 Å². The third-order valence-corrected chi connectivity index (χ3v) is 6.46. The van der Waals surface area contributed by atoms with Gasteiger partial charge >= 0.3 is 0 Å². The highest BCUT2D eigenvalue weighted by molar-refractivity contribution is 7.22. The molecule has 5 nitrogen and oxygen atoms in total. The van der Waals surface area contributed by atoms with E-state index in [1.807, 2.05) is 60.7 Å². The lowest BCUT2D eigenvalue weighted by Gasteiger charge is -2.38. The van der Waals surface area contributed by atoms with Crippen LogP contribution in [0.5, 0.6) is 5.75 Å². The number of ether oxygens (including phenoxy) is 1. The van der Waals surface area contributed by atoms with Gasteiger partial charge in [0.1, 0.15) is 11.3 Å². The minimum absolute atomic E-state index is 0.0494. The van der Waals surface area contributed by atoms with Gasteiger partial charge in [-0.3, -0.25) is 4.79 Å². The highest BCUT2D eigenvalue weighted by Gasteiger charge is 2.34. The van der Waals surface area contributed by atoms with Gasteiger partial charge < -0.3 is 15.0 Å². The molecule has 1 aliphatic rings. The molecule has 0 spiro atoms. The van der Waals surface area contributed by atoms with Crippen molar-refractivity contribution in [2.45, 2.75) is 0 Å². The van der Waals surface area contributed by atoms with Crippen LogP contribution in [0, 0.1) is 5.92 Å². The van der Waals surface area contributed by atoms with Gasteiger partial charge in [-0.05, 0) is 23.8 Å². The van der Waals surface area contributed by atoms with Crippen molar-refractivity contribution in [1.29, 1.82) is 0 Å². The van der Waals surface area contributed by atoms with Crippen LogP contribution in [0.2, 0.25) is 0 Å². The van der Waals surface area contributed by atoms with Crippen LogP contribution in [-0.2, 0) is 4.79 Å². The van der Waals surface area contributed by atoms with Gasteiger partial charge in [0.25, 0.3) is 0 Å². The van der Waals surface area contributed by atoms with Crippen molar-refractivity contribution in [2.75, 3.05) is 30.4 Å². The number of nitrogens with one attached hydrogen (secondary N) is 1. The number of rotatable bonds is 5. The lowest BCUT2D eigenvalue weighted by atomic mass is 9.98. The van der Waals surface area contributed by atoms with Crippen LogP contribution in [-0.4, -0.2) is 31.1 Å². The van der Waals surface area contributed by atoms with E-state index < -0.39 is 0 Å². The maximum atomic E-state index is 12.9. The Morgan fingerprint density at radius 3 is 2.60 bits per heavy atom. The highest BCUT2D eigenvalue weighted by atomic mass is 32.1. The van der Waals surface area contributed by atoms with Gasteiger partial charge in [0.15, 0.2) is 5.13 Å². The standard InChI is InChI=1S/C24H21N3O2S/c1-29-20-12-7-13-21-22(20)26-24(30-21)27-14-17(15-27)23(28)25-19-11-6-5-10-18(19)16-8-3-2-4-9-16/h2-13,17H,14-15H2,1H3,(H,25,28). The van der Waals surface area contributed by atoms with Crippen LogP contribution < -0.4 is 15.0 Å². The molecule has 0 unspecified atom stereocenters. The average Bonchev–Trinajstić information content (AvgIpc) is 3.17. The van der Waals surface area contributed by atoms with E-state index in [1.165, 1.54) is 0 Å². The Hall–Kier alpha value is -3.38. The highest BCUT2D eigenvalue weighted by Crippen LogP contribution is 2.37. The number of carbonyl (C=O) groups is 1. The molecule has 4 aromatic rings. The molecular weight excluding hydrogens is 394 g/mol. The van der Waals surface area contributed by atoms with E-state index in [4.69, 9.17) is 9.72 Å². The smallest absolute Gasteiger partial charge is 0.231 e. The van der Waals surface area contributed by atoms with Crippen LogP contribution in [0.15, 0.2) is 72.8 Å². The molecule has 0 bridgehead atoms. The molecule has 3 aromatic carbocycles.